The smallest absolute Gasteiger partial charge is 0.307 e. The number of hydrogen-bond donors (Lipinski definition) is 1. The third-order valence-electron chi connectivity index (χ3n) is 5.86. The Bertz CT molecular complexity index is 1320. The van der Waals surface area contributed by atoms with Crippen LogP contribution in [-0.4, -0.2) is 25.3 Å². The lowest BCUT2D eigenvalue weighted by Crippen LogP contribution is -2.49. The van der Waals surface area contributed by atoms with Crippen molar-refractivity contribution < 1.29 is 21.6 Å². The van der Waals surface area contributed by atoms with Crippen LogP contribution in [0.2, 0.25) is 0 Å². The van der Waals surface area contributed by atoms with Gasteiger partial charge in [-0.1, -0.05) is 54.6 Å². The van der Waals surface area contributed by atoms with E-state index in [0.717, 1.165) is 33.6 Å². The van der Waals surface area contributed by atoms with Gasteiger partial charge in [-0.2, -0.15) is 13.2 Å². The van der Waals surface area contributed by atoms with Crippen molar-refractivity contribution in [3.63, 3.8) is 0 Å². The third-order valence-corrected chi connectivity index (χ3v) is 6.59. The number of hydrogen-bond acceptors (Lipinski definition) is 3. The Labute approximate surface area is 189 Å². The highest BCUT2D eigenvalue weighted by Crippen LogP contribution is 2.32. The molecule has 174 valence electrons. The Morgan fingerprint density at radius 3 is 2.36 bits per heavy atom. The molecule has 2 heterocycles. The van der Waals surface area contributed by atoms with Gasteiger partial charge in [0.05, 0.1) is 12.3 Å². The molecule has 5 nitrogen and oxygen atoms in total. The minimum absolute atomic E-state index is 0.197. The highest BCUT2D eigenvalue weighted by molar-refractivity contribution is 7.88. The van der Waals surface area contributed by atoms with Gasteiger partial charge in [0, 0.05) is 11.7 Å². The molecule has 2 aromatic carbocycles. The van der Waals surface area contributed by atoms with Crippen molar-refractivity contribution >= 4 is 10.0 Å². The molecule has 0 radical (unpaired) electrons. The van der Waals surface area contributed by atoms with Crippen LogP contribution in [0.3, 0.4) is 0 Å². The van der Waals surface area contributed by atoms with Gasteiger partial charge in [-0.25, -0.2) is 13.1 Å². The van der Waals surface area contributed by atoms with Crippen LogP contribution in [0.25, 0.3) is 11.1 Å². The largest absolute Gasteiger partial charge is 0.421 e. The molecule has 9 heteroatoms. The number of sulfonamides is 1. The van der Waals surface area contributed by atoms with E-state index in [1.54, 1.807) is 0 Å². The second kappa shape index (κ2) is 8.79. The fourth-order valence-corrected chi connectivity index (χ4v) is 5.27. The van der Waals surface area contributed by atoms with E-state index in [-0.39, 0.29) is 6.42 Å². The Balaban J connectivity index is 1.80. The second-order valence-electron chi connectivity index (χ2n) is 8.28. The van der Waals surface area contributed by atoms with Gasteiger partial charge in [-0.3, -0.25) is 4.79 Å². The summed E-state index contributed by atoms with van der Waals surface area (Å²) in [5.41, 5.74) is 0.750. The summed E-state index contributed by atoms with van der Waals surface area (Å²) < 4.78 is 68.0. The van der Waals surface area contributed by atoms with Crippen LogP contribution in [-0.2, 0) is 29.0 Å². The van der Waals surface area contributed by atoms with E-state index in [2.05, 4.69) is 4.72 Å². The summed E-state index contributed by atoms with van der Waals surface area (Å²) in [7, 11) is -3.64. The van der Waals surface area contributed by atoms with Gasteiger partial charge in [0.2, 0.25) is 10.0 Å². The Morgan fingerprint density at radius 1 is 1.00 bits per heavy atom. The highest BCUT2D eigenvalue weighted by Gasteiger charge is 2.38. The summed E-state index contributed by atoms with van der Waals surface area (Å²) in [6, 6.07) is 17.7. The topological polar surface area (TPSA) is 68.2 Å². The third kappa shape index (κ3) is 5.20. The van der Waals surface area contributed by atoms with Crippen LogP contribution in [0.1, 0.15) is 29.3 Å². The first-order chi connectivity index (χ1) is 15.5. The fraction of sp³-hybridized carbons (Fsp3) is 0.292. The quantitative estimate of drug-likeness (QED) is 0.601. The zero-order valence-corrected chi connectivity index (χ0v) is 18.7. The van der Waals surface area contributed by atoms with Crippen molar-refractivity contribution in [2.24, 2.45) is 0 Å². The Hall–Kier alpha value is -2.91. The van der Waals surface area contributed by atoms with Crippen LogP contribution in [0.5, 0.6) is 0 Å². The SMILES string of the molecule is CS(=O)(=O)NC1CCc2ccc(C(F)(F)F)c(=O)n2C1Cc1cccc(-c2ccccc2)c1. The van der Waals surface area contributed by atoms with Crippen LogP contribution in [0.15, 0.2) is 71.5 Å². The number of aromatic nitrogens is 1. The van der Waals surface area contributed by atoms with Gasteiger partial charge in [-0.05, 0) is 48.1 Å². The van der Waals surface area contributed by atoms with E-state index >= 15 is 0 Å². The number of rotatable bonds is 5. The zero-order valence-electron chi connectivity index (χ0n) is 17.8. The van der Waals surface area contributed by atoms with Gasteiger partial charge in [0.15, 0.2) is 0 Å². The number of alkyl halides is 3. The number of nitrogens with one attached hydrogen (secondary N) is 1. The summed E-state index contributed by atoms with van der Waals surface area (Å²) in [5, 5.41) is 0. The molecule has 4 rings (SSSR count). The lowest BCUT2D eigenvalue weighted by atomic mass is 9.90. The number of nitrogens with zero attached hydrogens (tertiary/aromatic N) is 1. The minimum atomic E-state index is -4.80. The van der Waals surface area contributed by atoms with E-state index < -0.39 is 39.4 Å². The molecule has 0 aliphatic carbocycles. The number of halogens is 3. The van der Waals surface area contributed by atoms with E-state index in [4.69, 9.17) is 0 Å². The maximum Gasteiger partial charge on any atom is 0.421 e. The second-order valence-corrected chi connectivity index (χ2v) is 10.1. The number of fused-ring (bicyclic) bond motifs is 1. The van der Waals surface area contributed by atoms with Crippen molar-refractivity contribution in [1.82, 2.24) is 9.29 Å². The van der Waals surface area contributed by atoms with Gasteiger partial charge in [0.1, 0.15) is 5.56 Å². The highest BCUT2D eigenvalue weighted by atomic mass is 32.2. The predicted octanol–water partition coefficient (Wildman–Crippen LogP) is 4.18. The molecule has 0 amide bonds. The van der Waals surface area contributed by atoms with E-state index in [1.807, 2.05) is 54.6 Å². The predicted molar refractivity (Wildman–Crippen MR) is 120 cm³/mol. The molecule has 1 aliphatic heterocycles. The lowest BCUT2D eigenvalue weighted by molar-refractivity contribution is -0.139. The fourth-order valence-electron chi connectivity index (χ4n) is 4.45. The first-order valence-electron chi connectivity index (χ1n) is 10.5. The molecule has 33 heavy (non-hydrogen) atoms. The van der Waals surface area contributed by atoms with Crippen molar-refractivity contribution in [1.29, 1.82) is 0 Å². The summed E-state index contributed by atoms with van der Waals surface area (Å²) in [6.45, 7) is 0. The summed E-state index contributed by atoms with van der Waals surface area (Å²) in [4.78, 5) is 12.9. The van der Waals surface area contributed by atoms with Crippen molar-refractivity contribution in [3.05, 3.63) is 93.9 Å². The van der Waals surface area contributed by atoms with E-state index in [0.29, 0.717) is 18.5 Å². The van der Waals surface area contributed by atoms with Crippen LogP contribution in [0.4, 0.5) is 13.2 Å². The van der Waals surface area contributed by atoms with Crippen molar-refractivity contribution in [3.8, 4) is 11.1 Å². The molecular formula is C24H23F3N2O3S. The van der Waals surface area contributed by atoms with Crippen molar-refractivity contribution in [2.45, 2.75) is 37.5 Å². The first-order valence-corrected chi connectivity index (χ1v) is 12.4. The van der Waals surface area contributed by atoms with Gasteiger partial charge >= 0.3 is 6.18 Å². The minimum Gasteiger partial charge on any atom is -0.307 e. The molecule has 0 saturated carbocycles. The number of pyridine rings is 1. The van der Waals surface area contributed by atoms with Gasteiger partial charge in [-0.15, -0.1) is 0 Å². The van der Waals surface area contributed by atoms with E-state index in [1.165, 1.54) is 6.07 Å². The standard InChI is InChI=1S/C24H23F3N2O3S/c1-33(31,32)28-21-13-11-19-10-12-20(24(25,26)27)23(30)29(19)22(21)15-16-6-5-9-18(14-16)17-7-3-2-4-8-17/h2-10,12,14,21-22,28H,11,13,15H2,1H3. The molecule has 0 fully saturated rings. The lowest BCUT2D eigenvalue weighted by Gasteiger charge is -2.36. The maximum absolute atomic E-state index is 13.5. The summed E-state index contributed by atoms with van der Waals surface area (Å²) in [5.74, 6) is 0. The van der Waals surface area contributed by atoms with Gasteiger partial charge < -0.3 is 4.57 Å². The molecule has 2 unspecified atom stereocenters. The normalized spacial score (nSPS) is 18.7. The zero-order chi connectivity index (χ0) is 23.8. The number of benzene rings is 2. The molecule has 3 aromatic rings. The van der Waals surface area contributed by atoms with Crippen molar-refractivity contribution in [2.75, 3.05) is 6.26 Å². The molecule has 1 aliphatic rings. The number of aryl methyl sites for hydroxylation is 1. The average molecular weight is 477 g/mol. The van der Waals surface area contributed by atoms with Crippen LogP contribution < -0.4 is 10.3 Å². The molecule has 1 aromatic heterocycles. The maximum atomic E-state index is 13.5. The molecule has 0 saturated heterocycles. The Kier molecular flexibility index (Phi) is 6.20. The van der Waals surface area contributed by atoms with Gasteiger partial charge in [0.25, 0.3) is 5.56 Å². The Morgan fingerprint density at radius 2 is 1.70 bits per heavy atom. The van der Waals surface area contributed by atoms with Crippen LogP contribution in [0, 0.1) is 0 Å². The average Bonchev–Trinajstić information content (AvgIpc) is 2.74. The molecular weight excluding hydrogens is 453 g/mol. The summed E-state index contributed by atoms with van der Waals surface area (Å²) in [6.07, 6.45) is -2.93. The summed E-state index contributed by atoms with van der Waals surface area (Å²) >= 11 is 0. The van der Waals surface area contributed by atoms with Crippen LogP contribution >= 0.6 is 0 Å². The monoisotopic (exact) mass is 476 g/mol. The van der Waals surface area contributed by atoms with E-state index in [9.17, 15) is 26.4 Å². The molecule has 0 bridgehead atoms. The molecule has 2 atom stereocenters. The molecule has 0 spiro atoms. The first kappa shape index (κ1) is 23.3. The molecule has 1 N–H and O–H groups in total.